The van der Waals surface area contributed by atoms with Gasteiger partial charge in [0, 0.05) is 11.4 Å². The third kappa shape index (κ3) is 5.00. The van der Waals surface area contributed by atoms with Crippen LogP contribution in [0.3, 0.4) is 0 Å². The van der Waals surface area contributed by atoms with Gasteiger partial charge < -0.3 is 5.11 Å². The van der Waals surface area contributed by atoms with Gasteiger partial charge in [0.15, 0.2) is 0 Å². The first kappa shape index (κ1) is 23.3. The topological polar surface area (TPSA) is 37.3 Å². The zero-order valence-corrected chi connectivity index (χ0v) is 20.7. The van der Waals surface area contributed by atoms with Crippen molar-refractivity contribution in [2.75, 3.05) is 0 Å². The molecule has 0 aliphatic heterocycles. The first-order valence-electron chi connectivity index (χ1n) is 11.5. The van der Waals surface area contributed by atoms with Crippen LogP contribution in [0.4, 0.5) is 0 Å². The highest BCUT2D eigenvalue weighted by Gasteiger charge is 2.23. The van der Waals surface area contributed by atoms with E-state index in [1.807, 2.05) is 36.4 Å². The van der Waals surface area contributed by atoms with E-state index in [1.165, 1.54) is 15.9 Å². The van der Waals surface area contributed by atoms with Crippen molar-refractivity contribution in [1.29, 1.82) is 0 Å². The summed E-state index contributed by atoms with van der Waals surface area (Å²) >= 11 is 6.61. The van der Waals surface area contributed by atoms with Crippen LogP contribution in [0.2, 0.25) is 5.02 Å². The van der Waals surface area contributed by atoms with E-state index in [0.717, 1.165) is 27.5 Å². The van der Waals surface area contributed by atoms with E-state index in [9.17, 15) is 9.90 Å². The lowest BCUT2D eigenvalue weighted by Gasteiger charge is -2.24. The minimum Gasteiger partial charge on any atom is -0.481 e. The Hall–Kier alpha value is -3.45. The summed E-state index contributed by atoms with van der Waals surface area (Å²) in [6, 6.07) is 39.7. The molecular formula is C31H24ClO2P. The highest BCUT2D eigenvalue weighted by Crippen LogP contribution is 2.41. The van der Waals surface area contributed by atoms with Gasteiger partial charge in [0.05, 0.1) is 0 Å². The van der Waals surface area contributed by atoms with Crippen molar-refractivity contribution >= 4 is 52.2 Å². The van der Waals surface area contributed by atoms with Crippen molar-refractivity contribution in [2.24, 2.45) is 0 Å². The van der Waals surface area contributed by atoms with Crippen LogP contribution in [-0.2, 0) is 11.2 Å². The monoisotopic (exact) mass is 494 g/mol. The van der Waals surface area contributed by atoms with Crippen molar-refractivity contribution in [3.63, 3.8) is 0 Å². The van der Waals surface area contributed by atoms with Gasteiger partial charge in [-0.3, -0.25) is 4.79 Å². The fourth-order valence-corrected chi connectivity index (χ4v) is 7.18. The molecule has 0 unspecified atom stereocenters. The minimum absolute atomic E-state index is 0.0768. The second kappa shape index (κ2) is 10.4. The Morgan fingerprint density at radius 3 is 2.03 bits per heavy atom. The molecule has 1 N–H and O–H groups in total. The van der Waals surface area contributed by atoms with Crippen LogP contribution < -0.4 is 15.9 Å². The first-order valence-corrected chi connectivity index (χ1v) is 13.3. The Morgan fingerprint density at radius 1 is 0.743 bits per heavy atom. The molecule has 5 aromatic carbocycles. The van der Waals surface area contributed by atoms with Crippen molar-refractivity contribution in [3.8, 4) is 11.1 Å². The molecule has 0 amide bonds. The molecule has 0 radical (unpaired) electrons. The molecule has 0 aromatic heterocycles. The average molecular weight is 495 g/mol. The normalized spacial score (nSPS) is 11.1. The summed E-state index contributed by atoms with van der Waals surface area (Å²) in [7, 11) is -0.867. The maximum absolute atomic E-state index is 11.5. The predicted octanol–water partition coefficient (Wildman–Crippen LogP) is 6.94. The zero-order valence-electron chi connectivity index (χ0n) is 19.1. The van der Waals surface area contributed by atoms with Crippen LogP contribution in [-0.4, -0.2) is 11.1 Å². The number of aryl methyl sites for hydroxylation is 1. The van der Waals surface area contributed by atoms with Gasteiger partial charge in [0.1, 0.15) is 0 Å². The number of halogens is 1. The van der Waals surface area contributed by atoms with Crippen molar-refractivity contribution in [1.82, 2.24) is 0 Å². The number of carboxylic acids is 1. The highest BCUT2D eigenvalue weighted by molar-refractivity contribution is 7.80. The fourth-order valence-electron chi connectivity index (χ4n) is 4.57. The number of carboxylic acid groups (broad SMARTS) is 1. The van der Waals surface area contributed by atoms with Gasteiger partial charge in [-0.2, -0.15) is 0 Å². The second-order valence-electron chi connectivity index (χ2n) is 8.38. The van der Waals surface area contributed by atoms with Gasteiger partial charge in [-0.05, 0) is 69.9 Å². The molecule has 0 bridgehead atoms. The van der Waals surface area contributed by atoms with E-state index in [4.69, 9.17) is 11.6 Å². The fraction of sp³-hybridized carbons (Fsp3) is 0.0645. The number of aliphatic carboxylic acids is 1. The van der Waals surface area contributed by atoms with Crippen molar-refractivity contribution in [2.45, 2.75) is 12.8 Å². The van der Waals surface area contributed by atoms with Gasteiger partial charge in [-0.1, -0.05) is 115 Å². The molecule has 0 aliphatic carbocycles. The molecule has 0 saturated heterocycles. The predicted molar refractivity (Wildman–Crippen MR) is 149 cm³/mol. The quantitative estimate of drug-likeness (QED) is 0.249. The molecule has 0 fully saturated rings. The van der Waals surface area contributed by atoms with Crippen molar-refractivity contribution in [3.05, 3.63) is 126 Å². The number of carbonyl (C=O) groups is 1. The zero-order chi connectivity index (χ0) is 24.2. The van der Waals surface area contributed by atoms with Gasteiger partial charge >= 0.3 is 5.97 Å². The largest absolute Gasteiger partial charge is 0.481 e. The van der Waals surface area contributed by atoms with Crippen molar-refractivity contribution < 1.29 is 9.90 Å². The molecule has 5 aromatic rings. The van der Waals surface area contributed by atoms with Crippen LogP contribution in [0, 0.1) is 0 Å². The van der Waals surface area contributed by atoms with Crippen LogP contribution in [0.5, 0.6) is 0 Å². The Labute approximate surface area is 211 Å². The maximum Gasteiger partial charge on any atom is 0.303 e. The standard InChI is InChI=1S/C31H24ClO2P/c32-24-18-19-29(35(25-10-3-1-4-11-25)26-12-5-2-6-13-26)28(21-24)31-23(17-20-30(33)34)16-15-22-9-7-8-14-27(22)31/h1-16,18-19,21H,17,20H2,(H,33,34). The Kier molecular flexibility index (Phi) is 6.95. The van der Waals surface area contributed by atoms with Crippen LogP contribution in [0.25, 0.3) is 21.9 Å². The van der Waals surface area contributed by atoms with E-state index in [0.29, 0.717) is 11.4 Å². The average Bonchev–Trinajstić information content (AvgIpc) is 2.89. The molecular weight excluding hydrogens is 471 g/mol. The molecule has 0 spiro atoms. The number of benzene rings is 5. The smallest absolute Gasteiger partial charge is 0.303 e. The molecule has 0 aliphatic rings. The van der Waals surface area contributed by atoms with E-state index in [-0.39, 0.29) is 6.42 Å². The third-order valence-corrected chi connectivity index (χ3v) is 8.86. The number of hydrogen-bond acceptors (Lipinski definition) is 1. The lowest BCUT2D eigenvalue weighted by Crippen LogP contribution is -2.22. The summed E-state index contributed by atoms with van der Waals surface area (Å²) in [5, 5.41) is 16.0. The summed E-state index contributed by atoms with van der Waals surface area (Å²) in [5.74, 6) is -0.800. The van der Waals surface area contributed by atoms with Gasteiger partial charge in [-0.25, -0.2) is 0 Å². The maximum atomic E-state index is 11.5. The summed E-state index contributed by atoms with van der Waals surface area (Å²) in [4.78, 5) is 11.5. The summed E-state index contributed by atoms with van der Waals surface area (Å²) in [6.45, 7) is 0. The summed E-state index contributed by atoms with van der Waals surface area (Å²) < 4.78 is 0. The molecule has 2 nitrogen and oxygen atoms in total. The Bertz CT molecular complexity index is 1440. The van der Waals surface area contributed by atoms with Crippen LogP contribution in [0.15, 0.2) is 115 Å². The molecule has 35 heavy (non-hydrogen) atoms. The molecule has 0 heterocycles. The number of fused-ring (bicyclic) bond motifs is 1. The summed E-state index contributed by atoms with van der Waals surface area (Å²) in [6.07, 6.45) is 0.531. The minimum atomic E-state index is -0.867. The second-order valence-corrected chi connectivity index (χ2v) is 11.0. The Balaban J connectivity index is 1.81. The number of rotatable bonds is 7. The van der Waals surface area contributed by atoms with Gasteiger partial charge in [0.25, 0.3) is 0 Å². The molecule has 0 atom stereocenters. The van der Waals surface area contributed by atoms with Crippen LogP contribution >= 0.6 is 19.5 Å². The SMILES string of the molecule is O=C(O)CCc1ccc2ccccc2c1-c1cc(Cl)ccc1P(c1ccccc1)c1ccccc1. The third-order valence-electron chi connectivity index (χ3n) is 6.12. The highest BCUT2D eigenvalue weighted by atomic mass is 35.5. The molecule has 0 saturated carbocycles. The van der Waals surface area contributed by atoms with Gasteiger partial charge in [-0.15, -0.1) is 0 Å². The Morgan fingerprint density at radius 2 is 1.37 bits per heavy atom. The number of hydrogen-bond donors (Lipinski definition) is 1. The molecule has 172 valence electrons. The van der Waals surface area contributed by atoms with E-state index in [2.05, 4.69) is 78.9 Å². The first-order chi connectivity index (χ1) is 17.1. The summed E-state index contributed by atoms with van der Waals surface area (Å²) in [5.41, 5.74) is 3.15. The van der Waals surface area contributed by atoms with E-state index >= 15 is 0 Å². The van der Waals surface area contributed by atoms with E-state index < -0.39 is 13.9 Å². The lowest BCUT2D eigenvalue weighted by molar-refractivity contribution is -0.136. The van der Waals surface area contributed by atoms with E-state index in [1.54, 1.807) is 0 Å². The lowest BCUT2D eigenvalue weighted by atomic mass is 9.91. The molecule has 4 heteroatoms. The molecule has 5 rings (SSSR count). The van der Waals surface area contributed by atoms with Crippen LogP contribution in [0.1, 0.15) is 12.0 Å². The van der Waals surface area contributed by atoms with Gasteiger partial charge in [0.2, 0.25) is 0 Å².